The first-order chi connectivity index (χ1) is 18.7. The van der Waals surface area contributed by atoms with E-state index in [0.29, 0.717) is 6.42 Å². The van der Waals surface area contributed by atoms with Crippen molar-refractivity contribution < 1.29 is 30.3 Å². The summed E-state index contributed by atoms with van der Waals surface area (Å²) in [5, 5.41) is 19.5. The van der Waals surface area contributed by atoms with Crippen LogP contribution < -0.4 is 4.90 Å². The van der Waals surface area contributed by atoms with Gasteiger partial charge in [0.15, 0.2) is 0 Å². The number of nitrogens with zero attached hydrogens (tertiary/aromatic N) is 3. The van der Waals surface area contributed by atoms with Crippen LogP contribution in [-0.4, -0.2) is 37.8 Å². The molecule has 0 radical (unpaired) electrons. The number of hydrogen-bond acceptors (Lipinski definition) is 5. The molecule has 3 aromatic carbocycles. The van der Waals surface area contributed by atoms with Crippen molar-refractivity contribution >= 4 is 16.5 Å². The Morgan fingerprint density at radius 3 is 2.10 bits per heavy atom. The summed E-state index contributed by atoms with van der Waals surface area (Å²) >= 11 is 0. The van der Waals surface area contributed by atoms with Crippen molar-refractivity contribution in [2.75, 3.05) is 4.90 Å². The maximum absolute atomic E-state index is 8.56. The quantitative estimate of drug-likeness (QED) is 0.207. The van der Waals surface area contributed by atoms with Gasteiger partial charge < -0.3 is 25.0 Å². The van der Waals surface area contributed by atoms with Crippen LogP contribution in [0.4, 0.5) is 5.69 Å². The standard InChI is InChI=1S/C15H10N.C14H18N2.C5H12O2.Ir/c1-2-7-13(8-3-1)15-14-9-5-4-6-12(14)10-11-16-15;1-4-14(2,3)16-11-10-15(12-16)13-8-6-5-7-9-13;1-4(6)3-5(2)7;/h1-7,9-11H;5-8,10-12H,4H2,1-3H3;4-7H,3H2,1-2H3;/q-1;-2;;+3. The molecule has 2 atom stereocenters. The molecule has 0 spiro atoms. The van der Waals surface area contributed by atoms with Crippen molar-refractivity contribution in [3.63, 3.8) is 0 Å². The molecule has 212 valence electrons. The third-order valence-electron chi connectivity index (χ3n) is 6.49. The maximum atomic E-state index is 8.56. The number of para-hydroxylation sites is 1. The number of anilines is 1. The van der Waals surface area contributed by atoms with Gasteiger partial charge in [-0.05, 0) is 75.5 Å². The molecule has 0 saturated carbocycles. The van der Waals surface area contributed by atoms with Crippen LogP contribution >= 0.6 is 0 Å². The summed E-state index contributed by atoms with van der Waals surface area (Å²) in [6.07, 6.45) is 6.87. The van der Waals surface area contributed by atoms with E-state index in [2.05, 4.69) is 85.0 Å². The minimum atomic E-state index is -0.375. The minimum absolute atomic E-state index is 0. The van der Waals surface area contributed by atoms with Crippen LogP contribution in [0.25, 0.3) is 22.0 Å². The Bertz CT molecular complexity index is 1280. The predicted molar refractivity (Wildman–Crippen MR) is 161 cm³/mol. The number of benzene rings is 3. The molecule has 6 heteroatoms. The molecule has 5 nitrogen and oxygen atoms in total. The Hall–Kier alpha value is -3.02. The summed E-state index contributed by atoms with van der Waals surface area (Å²) in [5.74, 6) is 0. The van der Waals surface area contributed by atoms with E-state index in [1.54, 1.807) is 13.8 Å². The molecule has 5 rings (SSSR count). The zero-order valence-electron chi connectivity index (χ0n) is 24.0. The molecule has 0 saturated heterocycles. The van der Waals surface area contributed by atoms with Gasteiger partial charge in [0.2, 0.25) is 0 Å². The number of hydrogen-bond donors (Lipinski definition) is 2. The third-order valence-corrected chi connectivity index (χ3v) is 6.49. The molecule has 1 aliphatic heterocycles. The summed E-state index contributed by atoms with van der Waals surface area (Å²) in [6.45, 7) is 12.1. The largest absolute Gasteiger partial charge is 3.00 e. The Morgan fingerprint density at radius 1 is 0.875 bits per heavy atom. The van der Waals surface area contributed by atoms with E-state index in [9.17, 15) is 0 Å². The van der Waals surface area contributed by atoms with E-state index < -0.39 is 0 Å². The number of aliphatic hydroxyl groups is 2. The molecule has 0 bridgehead atoms. The summed E-state index contributed by atoms with van der Waals surface area (Å²) in [4.78, 5) is 8.78. The molecule has 0 amide bonds. The Morgan fingerprint density at radius 2 is 1.52 bits per heavy atom. The van der Waals surface area contributed by atoms with Crippen LogP contribution in [-0.2, 0) is 20.1 Å². The number of pyridine rings is 1. The SMILES string of the molecule is CC(O)CC(C)O.CCC(C)(C)N1C=CN(c2[c-]cccc2)[CH-]1.[Ir+3].[c-]1ccccc1-c1nccc2ccccc12. The van der Waals surface area contributed by atoms with E-state index in [4.69, 9.17) is 10.2 Å². The van der Waals surface area contributed by atoms with Crippen LogP contribution in [0, 0.1) is 18.8 Å². The van der Waals surface area contributed by atoms with Gasteiger partial charge in [-0.15, -0.1) is 41.6 Å². The Kier molecular flexibility index (Phi) is 13.5. The van der Waals surface area contributed by atoms with E-state index in [-0.39, 0.29) is 37.9 Å². The van der Waals surface area contributed by atoms with Crippen LogP contribution in [0.3, 0.4) is 0 Å². The molecule has 0 aliphatic carbocycles. The molecule has 1 aromatic heterocycles. The summed E-state index contributed by atoms with van der Waals surface area (Å²) < 4.78 is 0. The van der Waals surface area contributed by atoms with E-state index >= 15 is 0 Å². The smallest absolute Gasteiger partial charge is 0.503 e. The Labute approximate surface area is 253 Å². The summed E-state index contributed by atoms with van der Waals surface area (Å²) in [7, 11) is 0. The molecule has 2 unspecified atom stereocenters. The maximum Gasteiger partial charge on any atom is 3.00 e. The third kappa shape index (κ3) is 9.87. The van der Waals surface area contributed by atoms with Gasteiger partial charge in [-0.1, -0.05) is 31.2 Å². The van der Waals surface area contributed by atoms with Gasteiger partial charge in [0.1, 0.15) is 0 Å². The molecule has 4 aromatic rings. The molecular weight excluding hydrogens is 675 g/mol. The van der Waals surface area contributed by atoms with Gasteiger partial charge in [-0.25, -0.2) is 0 Å². The predicted octanol–water partition coefficient (Wildman–Crippen LogP) is 7.23. The van der Waals surface area contributed by atoms with Gasteiger partial charge >= 0.3 is 20.1 Å². The second kappa shape index (κ2) is 16.3. The van der Waals surface area contributed by atoms with E-state index in [1.165, 1.54) is 10.8 Å². The molecule has 2 N–H and O–H groups in total. The van der Waals surface area contributed by atoms with E-state index in [0.717, 1.165) is 23.4 Å². The van der Waals surface area contributed by atoms with Crippen LogP contribution in [0.15, 0.2) is 97.5 Å². The second-order valence-corrected chi connectivity index (χ2v) is 10.2. The first-order valence-electron chi connectivity index (χ1n) is 13.4. The van der Waals surface area contributed by atoms with Crippen molar-refractivity contribution in [3.05, 3.63) is 116 Å². The zero-order valence-corrected chi connectivity index (χ0v) is 26.3. The molecule has 1 aliphatic rings. The Balaban J connectivity index is 0.000000224. The average molecular weight is 715 g/mol. The van der Waals surface area contributed by atoms with Gasteiger partial charge in [0.25, 0.3) is 0 Å². The van der Waals surface area contributed by atoms with Gasteiger partial charge in [-0.3, -0.25) is 0 Å². The topological polar surface area (TPSA) is 59.8 Å². The fourth-order valence-corrected chi connectivity index (χ4v) is 3.95. The summed E-state index contributed by atoms with van der Waals surface area (Å²) in [6, 6.07) is 32.7. The van der Waals surface area contributed by atoms with Gasteiger partial charge in [0.05, 0.1) is 12.2 Å². The minimum Gasteiger partial charge on any atom is -0.503 e. The second-order valence-electron chi connectivity index (χ2n) is 10.2. The van der Waals surface area contributed by atoms with Crippen LogP contribution in [0.5, 0.6) is 0 Å². The normalized spacial score (nSPS) is 13.9. The van der Waals surface area contributed by atoms with Gasteiger partial charge in [0, 0.05) is 11.7 Å². The van der Waals surface area contributed by atoms with Crippen molar-refractivity contribution in [2.45, 2.75) is 65.2 Å². The molecule has 2 heterocycles. The van der Waals surface area contributed by atoms with Crippen molar-refractivity contribution in [1.29, 1.82) is 0 Å². The van der Waals surface area contributed by atoms with Gasteiger partial charge in [-0.2, -0.15) is 37.0 Å². The van der Waals surface area contributed by atoms with Crippen molar-refractivity contribution in [1.82, 2.24) is 9.88 Å². The fourth-order valence-electron chi connectivity index (χ4n) is 3.95. The van der Waals surface area contributed by atoms with Crippen molar-refractivity contribution in [2.24, 2.45) is 0 Å². The first kappa shape index (κ1) is 33.2. The number of fused-ring (bicyclic) bond motifs is 1. The van der Waals surface area contributed by atoms with Crippen LogP contribution in [0.2, 0.25) is 0 Å². The first-order valence-corrected chi connectivity index (χ1v) is 13.4. The average Bonchev–Trinajstić information content (AvgIpc) is 3.45. The van der Waals surface area contributed by atoms with Crippen LogP contribution in [0.1, 0.15) is 47.5 Å². The number of rotatable bonds is 6. The zero-order chi connectivity index (χ0) is 28.3. The van der Waals surface area contributed by atoms with E-state index in [1.807, 2.05) is 66.9 Å². The summed E-state index contributed by atoms with van der Waals surface area (Å²) in [5.41, 5.74) is 3.28. The fraction of sp³-hybridized carbons (Fsp3) is 0.294. The number of aliphatic hydroxyl groups excluding tert-OH is 2. The molecule has 0 fully saturated rings. The monoisotopic (exact) mass is 715 g/mol. The molecular formula is C34H40IrN3O2. The van der Waals surface area contributed by atoms with Crippen molar-refractivity contribution in [3.8, 4) is 11.3 Å². The molecule has 40 heavy (non-hydrogen) atoms. The number of aromatic nitrogens is 1.